The lowest BCUT2D eigenvalue weighted by molar-refractivity contribution is -0.136. The fourth-order valence-electron chi connectivity index (χ4n) is 8.23. The highest BCUT2D eigenvalue weighted by atomic mass is 19.1. The van der Waals surface area contributed by atoms with Gasteiger partial charge >= 0.3 is 0 Å². The van der Waals surface area contributed by atoms with Crippen molar-refractivity contribution in [3.05, 3.63) is 130 Å². The third-order valence-electron chi connectivity index (χ3n) is 10.8. The Labute approximate surface area is 289 Å². The number of rotatable bonds is 6. The molecule has 4 aromatic rings. The maximum absolute atomic E-state index is 15.3. The molecule has 4 aromatic carbocycles. The van der Waals surface area contributed by atoms with Gasteiger partial charge in [0.15, 0.2) is 0 Å². The summed E-state index contributed by atoms with van der Waals surface area (Å²) in [6.45, 7) is 3.13. The summed E-state index contributed by atoms with van der Waals surface area (Å²) in [6, 6.07) is 26.7. The van der Waals surface area contributed by atoms with E-state index < -0.39 is 35.5 Å². The first kappa shape index (κ1) is 31.9. The summed E-state index contributed by atoms with van der Waals surface area (Å²) in [5.41, 5.74) is 6.49. The maximum Gasteiger partial charge on any atom is 0.262 e. The van der Waals surface area contributed by atoms with Gasteiger partial charge in [-0.2, -0.15) is 0 Å². The second-order valence-corrected chi connectivity index (χ2v) is 13.7. The van der Waals surface area contributed by atoms with Gasteiger partial charge in [-0.15, -0.1) is 0 Å². The molecule has 3 atom stereocenters. The molecular weight excluding hydrogens is 635 g/mol. The number of fused-ring (bicyclic) bond motifs is 2. The molecule has 1 unspecified atom stereocenters. The molecule has 2 fully saturated rings. The third kappa shape index (κ3) is 5.73. The molecule has 8 rings (SSSR count). The highest BCUT2D eigenvalue weighted by Crippen LogP contribution is 2.47. The summed E-state index contributed by atoms with van der Waals surface area (Å²) in [7, 11) is 0. The van der Waals surface area contributed by atoms with E-state index in [1.54, 1.807) is 6.07 Å². The van der Waals surface area contributed by atoms with Crippen LogP contribution in [0.25, 0.3) is 0 Å². The van der Waals surface area contributed by atoms with Crippen molar-refractivity contribution in [2.45, 2.75) is 50.1 Å². The van der Waals surface area contributed by atoms with Crippen LogP contribution >= 0.6 is 0 Å². The van der Waals surface area contributed by atoms with Crippen molar-refractivity contribution in [2.24, 2.45) is 0 Å². The largest absolute Gasteiger partial charge is 0.508 e. The second kappa shape index (κ2) is 12.8. The minimum absolute atomic E-state index is 0.0232. The summed E-state index contributed by atoms with van der Waals surface area (Å²) in [4.78, 5) is 55.6. The van der Waals surface area contributed by atoms with E-state index in [1.807, 2.05) is 12.1 Å². The van der Waals surface area contributed by atoms with Gasteiger partial charge in [0.05, 0.1) is 11.1 Å². The number of benzene rings is 4. The van der Waals surface area contributed by atoms with Crippen molar-refractivity contribution in [2.75, 3.05) is 31.1 Å². The number of anilines is 1. The Morgan fingerprint density at radius 3 is 2.20 bits per heavy atom. The van der Waals surface area contributed by atoms with Crippen LogP contribution in [0.5, 0.6) is 5.75 Å². The Bertz CT molecular complexity index is 2010. The van der Waals surface area contributed by atoms with Crippen LogP contribution in [-0.2, 0) is 22.6 Å². The van der Waals surface area contributed by atoms with Gasteiger partial charge in [-0.1, -0.05) is 48.5 Å². The van der Waals surface area contributed by atoms with Crippen LogP contribution in [0.15, 0.2) is 84.9 Å². The van der Waals surface area contributed by atoms with Crippen molar-refractivity contribution in [3.63, 3.8) is 0 Å². The van der Waals surface area contributed by atoms with Gasteiger partial charge in [0.2, 0.25) is 11.8 Å². The molecule has 0 bridgehead atoms. The number of hydrogen-bond acceptors (Lipinski definition) is 7. The van der Waals surface area contributed by atoms with Gasteiger partial charge in [0.1, 0.15) is 17.6 Å². The summed E-state index contributed by atoms with van der Waals surface area (Å²) in [6.07, 6.45) is 2.00. The fraction of sp³-hybridized carbons (Fsp3) is 0.300. The fourth-order valence-corrected chi connectivity index (χ4v) is 8.23. The SMILES string of the molecule is O=C1CCC(N2C(=O)c3cc(F)c(CN4CCN(c5ccc([C@@H]6c7ccc(O)cc7CC[C@@H]6c6ccccc6)cc5)CC4)cc3C2=O)C(=O)N1. The van der Waals surface area contributed by atoms with E-state index in [9.17, 15) is 24.3 Å². The van der Waals surface area contributed by atoms with Gasteiger partial charge in [-0.3, -0.25) is 34.3 Å². The van der Waals surface area contributed by atoms with Crippen molar-refractivity contribution >= 4 is 29.3 Å². The topological polar surface area (TPSA) is 110 Å². The molecule has 0 aromatic heterocycles. The number of phenolic OH excluding ortho intramolecular Hbond substituents is 1. The lowest BCUT2D eigenvalue weighted by Crippen LogP contribution is -2.54. The Balaban J connectivity index is 0.946. The highest BCUT2D eigenvalue weighted by molar-refractivity contribution is 6.23. The molecule has 9 nitrogen and oxygen atoms in total. The van der Waals surface area contributed by atoms with Crippen LogP contribution in [0.2, 0.25) is 0 Å². The first-order valence-electron chi connectivity index (χ1n) is 17.2. The molecule has 0 saturated carbocycles. The number of amides is 4. The van der Waals surface area contributed by atoms with E-state index in [0.717, 1.165) is 42.6 Å². The molecule has 50 heavy (non-hydrogen) atoms. The number of nitrogens with zero attached hydrogens (tertiary/aromatic N) is 3. The average molecular weight is 673 g/mol. The van der Waals surface area contributed by atoms with Crippen LogP contribution < -0.4 is 10.2 Å². The lowest BCUT2D eigenvalue weighted by atomic mass is 9.69. The van der Waals surface area contributed by atoms with E-state index in [2.05, 4.69) is 69.7 Å². The quantitative estimate of drug-likeness (QED) is 0.274. The normalized spacial score (nSPS) is 22.4. The molecule has 2 N–H and O–H groups in total. The predicted molar refractivity (Wildman–Crippen MR) is 184 cm³/mol. The molecule has 254 valence electrons. The second-order valence-electron chi connectivity index (χ2n) is 13.7. The number of hydrogen-bond donors (Lipinski definition) is 2. The Morgan fingerprint density at radius 1 is 0.760 bits per heavy atom. The zero-order valence-electron chi connectivity index (χ0n) is 27.5. The van der Waals surface area contributed by atoms with E-state index >= 15 is 4.39 Å². The summed E-state index contributed by atoms with van der Waals surface area (Å²) in [5.74, 6) is -2.26. The molecule has 4 aliphatic rings. The first-order chi connectivity index (χ1) is 24.2. The monoisotopic (exact) mass is 672 g/mol. The summed E-state index contributed by atoms with van der Waals surface area (Å²) < 4.78 is 15.3. The number of piperidine rings is 1. The third-order valence-corrected chi connectivity index (χ3v) is 10.8. The molecule has 1 aliphatic carbocycles. The Hall–Kier alpha value is -5.35. The zero-order valence-corrected chi connectivity index (χ0v) is 27.5. The highest BCUT2D eigenvalue weighted by Gasteiger charge is 2.45. The van der Waals surface area contributed by atoms with Crippen LogP contribution in [0, 0.1) is 5.82 Å². The number of carbonyl (C=O) groups excluding carboxylic acids is 4. The van der Waals surface area contributed by atoms with Crippen LogP contribution in [-0.4, -0.2) is 70.8 Å². The van der Waals surface area contributed by atoms with Gasteiger partial charge in [-0.05, 0) is 83.8 Å². The zero-order chi connectivity index (χ0) is 34.5. The number of halogens is 1. The number of phenols is 1. The number of aromatic hydroxyl groups is 1. The molecule has 0 radical (unpaired) electrons. The number of aryl methyl sites for hydroxylation is 1. The molecule has 4 amide bonds. The van der Waals surface area contributed by atoms with Crippen LogP contribution in [0.4, 0.5) is 10.1 Å². The minimum atomic E-state index is -1.09. The Kier molecular flexibility index (Phi) is 8.19. The van der Waals surface area contributed by atoms with E-state index in [4.69, 9.17) is 0 Å². The van der Waals surface area contributed by atoms with E-state index in [1.165, 1.54) is 28.3 Å². The number of nitrogens with one attached hydrogen (secondary N) is 1. The Morgan fingerprint density at radius 2 is 1.48 bits per heavy atom. The standard InChI is InChI=1S/C40H37FN4O5/c41-34-22-33-32(39(49)45(40(33)50)35-14-15-36(47)42-38(35)48)21-27(34)23-43-16-18-44(19-17-43)28-9-6-25(7-10-28)37-30(24-4-2-1-3-5-24)12-8-26-20-29(46)11-13-31(26)37/h1-7,9-11,13,20-22,30,35,37,46H,8,12,14-19,23H2,(H,42,47,48)/t30-,35?,37+/m1/s1. The summed E-state index contributed by atoms with van der Waals surface area (Å²) >= 11 is 0. The molecule has 3 aliphatic heterocycles. The minimum Gasteiger partial charge on any atom is -0.508 e. The average Bonchev–Trinajstić information content (AvgIpc) is 3.36. The molecule has 10 heteroatoms. The smallest absolute Gasteiger partial charge is 0.262 e. The predicted octanol–water partition coefficient (Wildman–Crippen LogP) is 5.12. The molecule has 0 spiro atoms. The van der Waals surface area contributed by atoms with E-state index in [0.29, 0.717) is 30.3 Å². The number of piperazine rings is 1. The molecular formula is C40H37FN4O5. The number of carbonyl (C=O) groups is 4. The summed E-state index contributed by atoms with van der Waals surface area (Å²) in [5, 5.41) is 12.4. The first-order valence-corrected chi connectivity index (χ1v) is 17.2. The van der Waals surface area contributed by atoms with Crippen LogP contribution in [0.3, 0.4) is 0 Å². The molecule has 3 heterocycles. The van der Waals surface area contributed by atoms with Crippen LogP contribution in [0.1, 0.15) is 79.6 Å². The van der Waals surface area contributed by atoms with Crippen molar-refractivity contribution in [3.8, 4) is 5.75 Å². The maximum atomic E-state index is 15.3. The molecule has 2 saturated heterocycles. The van der Waals surface area contributed by atoms with Crippen molar-refractivity contribution in [1.29, 1.82) is 0 Å². The van der Waals surface area contributed by atoms with Crippen molar-refractivity contribution in [1.82, 2.24) is 15.1 Å². The van der Waals surface area contributed by atoms with Gasteiger partial charge in [0, 0.05) is 56.3 Å². The van der Waals surface area contributed by atoms with Gasteiger partial charge in [-0.25, -0.2) is 4.39 Å². The number of imide groups is 2. The van der Waals surface area contributed by atoms with Crippen molar-refractivity contribution < 1.29 is 28.7 Å². The van der Waals surface area contributed by atoms with Gasteiger partial charge in [0.25, 0.3) is 11.8 Å². The van der Waals surface area contributed by atoms with E-state index in [-0.39, 0.29) is 36.4 Å². The lowest BCUT2D eigenvalue weighted by Gasteiger charge is -2.37. The van der Waals surface area contributed by atoms with Gasteiger partial charge < -0.3 is 10.0 Å².